The lowest BCUT2D eigenvalue weighted by molar-refractivity contribution is 0.0709. The Labute approximate surface area is 135 Å². The molecule has 1 aromatic carbocycles. The van der Waals surface area contributed by atoms with Gasteiger partial charge in [-0.1, -0.05) is 6.07 Å². The second-order valence-electron chi connectivity index (χ2n) is 5.87. The molecule has 0 aliphatic carbocycles. The van der Waals surface area contributed by atoms with Crippen molar-refractivity contribution in [2.24, 2.45) is 0 Å². The van der Waals surface area contributed by atoms with Crippen LogP contribution in [0.2, 0.25) is 0 Å². The summed E-state index contributed by atoms with van der Waals surface area (Å²) >= 11 is 0. The third-order valence-corrected chi connectivity index (χ3v) is 3.84. The molecule has 23 heavy (non-hydrogen) atoms. The van der Waals surface area contributed by atoms with Crippen LogP contribution in [0.3, 0.4) is 0 Å². The molecular formula is C17H21N5O. The van der Waals surface area contributed by atoms with Crippen molar-refractivity contribution in [3.8, 4) is 0 Å². The van der Waals surface area contributed by atoms with E-state index >= 15 is 0 Å². The molecule has 1 amide bonds. The van der Waals surface area contributed by atoms with Gasteiger partial charge in [-0.3, -0.25) is 4.79 Å². The predicted molar refractivity (Wildman–Crippen MR) is 89.9 cm³/mol. The van der Waals surface area contributed by atoms with Crippen LogP contribution in [-0.2, 0) is 0 Å². The third kappa shape index (κ3) is 3.84. The molecule has 1 aromatic heterocycles. The second kappa shape index (κ2) is 6.75. The third-order valence-electron chi connectivity index (χ3n) is 3.84. The Bertz CT molecular complexity index is 686. The first kappa shape index (κ1) is 15.4. The summed E-state index contributed by atoms with van der Waals surface area (Å²) in [6.07, 6.45) is 0. The average Bonchev–Trinajstić information content (AvgIpc) is 2.56. The number of amides is 1. The molecule has 2 N–H and O–H groups in total. The van der Waals surface area contributed by atoms with E-state index in [1.54, 1.807) is 0 Å². The van der Waals surface area contributed by atoms with Gasteiger partial charge in [0.05, 0.1) is 5.69 Å². The van der Waals surface area contributed by atoms with Crippen LogP contribution in [0, 0.1) is 6.92 Å². The van der Waals surface area contributed by atoms with Gasteiger partial charge in [0.2, 0.25) is 0 Å². The van der Waals surface area contributed by atoms with E-state index in [0.717, 1.165) is 31.0 Å². The Balaban J connectivity index is 1.74. The van der Waals surface area contributed by atoms with Crippen LogP contribution in [0.15, 0.2) is 36.4 Å². The van der Waals surface area contributed by atoms with E-state index in [2.05, 4.69) is 27.8 Å². The fourth-order valence-corrected chi connectivity index (χ4v) is 2.64. The zero-order chi connectivity index (χ0) is 16.2. The Morgan fingerprint density at radius 1 is 1.30 bits per heavy atom. The Morgan fingerprint density at radius 3 is 2.91 bits per heavy atom. The van der Waals surface area contributed by atoms with E-state index in [0.29, 0.717) is 17.4 Å². The number of nitrogens with zero attached hydrogens (tertiary/aromatic N) is 3. The Kier molecular flexibility index (Phi) is 4.52. The number of rotatable bonds is 3. The van der Waals surface area contributed by atoms with Crippen molar-refractivity contribution in [3.05, 3.63) is 47.7 Å². The molecule has 0 spiro atoms. The van der Waals surface area contributed by atoms with Crippen molar-refractivity contribution >= 4 is 17.4 Å². The number of hydrogen-bond donors (Lipinski definition) is 2. The monoisotopic (exact) mass is 311 g/mol. The van der Waals surface area contributed by atoms with Gasteiger partial charge in [0.15, 0.2) is 5.82 Å². The highest BCUT2D eigenvalue weighted by molar-refractivity contribution is 5.95. The average molecular weight is 311 g/mol. The number of piperazine rings is 1. The normalized spacial score (nSPS) is 17.8. The van der Waals surface area contributed by atoms with Crippen molar-refractivity contribution in [1.82, 2.24) is 20.4 Å². The highest BCUT2D eigenvalue weighted by Gasteiger charge is 2.21. The molecule has 1 fully saturated rings. The van der Waals surface area contributed by atoms with Gasteiger partial charge in [-0.25, -0.2) is 0 Å². The van der Waals surface area contributed by atoms with Gasteiger partial charge in [0, 0.05) is 36.9 Å². The van der Waals surface area contributed by atoms with Crippen LogP contribution in [0.1, 0.15) is 23.0 Å². The van der Waals surface area contributed by atoms with Crippen LogP contribution in [0.25, 0.3) is 0 Å². The summed E-state index contributed by atoms with van der Waals surface area (Å²) < 4.78 is 0. The van der Waals surface area contributed by atoms with E-state index in [-0.39, 0.29) is 5.91 Å². The van der Waals surface area contributed by atoms with E-state index in [9.17, 15) is 4.79 Å². The fraction of sp³-hybridized carbons (Fsp3) is 0.353. The maximum absolute atomic E-state index is 12.6. The van der Waals surface area contributed by atoms with Crippen LogP contribution >= 0.6 is 0 Å². The van der Waals surface area contributed by atoms with Gasteiger partial charge in [-0.15, -0.1) is 5.10 Å². The SMILES string of the molecule is Cc1ccc(Nc2cccc(C(=O)N3CCNC(C)C3)c2)nn1. The maximum Gasteiger partial charge on any atom is 0.254 e. The van der Waals surface area contributed by atoms with Gasteiger partial charge in [0.1, 0.15) is 0 Å². The van der Waals surface area contributed by atoms with Crippen LogP contribution < -0.4 is 10.6 Å². The number of benzene rings is 1. The van der Waals surface area contributed by atoms with E-state index < -0.39 is 0 Å². The van der Waals surface area contributed by atoms with Crippen molar-refractivity contribution in [2.45, 2.75) is 19.9 Å². The number of nitrogens with one attached hydrogen (secondary N) is 2. The standard InChI is InChI=1S/C17H21N5O/c1-12-6-7-16(21-20-12)19-15-5-3-4-14(10-15)17(23)22-9-8-18-13(2)11-22/h3-7,10,13,18H,8-9,11H2,1-2H3,(H,19,21). The number of anilines is 2. The van der Waals surface area contributed by atoms with E-state index in [4.69, 9.17) is 0 Å². The molecule has 0 radical (unpaired) electrons. The molecule has 120 valence electrons. The number of carbonyl (C=O) groups is 1. The molecule has 6 nitrogen and oxygen atoms in total. The van der Waals surface area contributed by atoms with Crippen LogP contribution in [0.5, 0.6) is 0 Å². The molecule has 6 heteroatoms. The lowest BCUT2D eigenvalue weighted by Crippen LogP contribution is -2.51. The van der Waals surface area contributed by atoms with Gasteiger partial charge in [-0.2, -0.15) is 5.10 Å². The summed E-state index contributed by atoms with van der Waals surface area (Å²) in [6.45, 7) is 6.30. The lowest BCUT2D eigenvalue weighted by atomic mass is 10.1. The van der Waals surface area contributed by atoms with Gasteiger partial charge in [0.25, 0.3) is 5.91 Å². The largest absolute Gasteiger partial charge is 0.339 e. The molecule has 1 saturated heterocycles. The number of carbonyl (C=O) groups excluding carboxylic acids is 1. The first-order valence-electron chi connectivity index (χ1n) is 7.82. The molecule has 0 bridgehead atoms. The van der Waals surface area contributed by atoms with Gasteiger partial charge < -0.3 is 15.5 Å². The molecule has 1 unspecified atom stereocenters. The summed E-state index contributed by atoms with van der Waals surface area (Å²) in [7, 11) is 0. The number of aryl methyl sites for hydroxylation is 1. The second-order valence-corrected chi connectivity index (χ2v) is 5.87. The van der Waals surface area contributed by atoms with Crippen LogP contribution in [0.4, 0.5) is 11.5 Å². The molecule has 3 rings (SSSR count). The van der Waals surface area contributed by atoms with Gasteiger partial charge >= 0.3 is 0 Å². The maximum atomic E-state index is 12.6. The highest BCUT2D eigenvalue weighted by atomic mass is 16.2. The summed E-state index contributed by atoms with van der Waals surface area (Å²) in [6, 6.07) is 11.6. The van der Waals surface area contributed by atoms with E-state index in [1.165, 1.54) is 0 Å². The lowest BCUT2D eigenvalue weighted by Gasteiger charge is -2.32. The Morgan fingerprint density at radius 2 is 2.17 bits per heavy atom. The van der Waals surface area contributed by atoms with Gasteiger partial charge in [-0.05, 0) is 44.2 Å². The molecule has 1 atom stereocenters. The minimum absolute atomic E-state index is 0.0667. The number of aromatic nitrogens is 2. The molecule has 1 aliphatic heterocycles. The van der Waals surface area contributed by atoms with Crippen molar-refractivity contribution in [1.29, 1.82) is 0 Å². The fourth-order valence-electron chi connectivity index (χ4n) is 2.64. The zero-order valence-corrected chi connectivity index (χ0v) is 13.4. The first-order chi connectivity index (χ1) is 11.1. The smallest absolute Gasteiger partial charge is 0.254 e. The molecular weight excluding hydrogens is 290 g/mol. The predicted octanol–water partition coefficient (Wildman–Crippen LogP) is 1.96. The minimum atomic E-state index is 0.0667. The molecule has 1 aliphatic rings. The summed E-state index contributed by atoms with van der Waals surface area (Å²) in [5.41, 5.74) is 2.38. The summed E-state index contributed by atoms with van der Waals surface area (Å²) in [4.78, 5) is 14.5. The van der Waals surface area contributed by atoms with E-state index in [1.807, 2.05) is 48.2 Å². The quantitative estimate of drug-likeness (QED) is 0.907. The van der Waals surface area contributed by atoms with Crippen LogP contribution in [-0.4, -0.2) is 46.7 Å². The molecule has 2 heterocycles. The first-order valence-corrected chi connectivity index (χ1v) is 7.82. The van der Waals surface area contributed by atoms with Crippen molar-refractivity contribution in [3.63, 3.8) is 0 Å². The Hall–Kier alpha value is -2.47. The summed E-state index contributed by atoms with van der Waals surface area (Å²) in [5.74, 6) is 0.730. The van der Waals surface area contributed by atoms with Crippen molar-refractivity contribution < 1.29 is 4.79 Å². The highest BCUT2D eigenvalue weighted by Crippen LogP contribution is 2.17. The topological polar surface area (TPSA) is 70.2 Å². The van der Waals surface area contributed by atoms with Crippen molar-refractivity contribution in [2.75, 3.05) is 25.0 Å². The molecule has 2 aromatic rings. The zero-order valence-electron chi connectivity index (χ0n) is 13.4. The molecule has 0 saturated carbocycles. The summed E-state index contributed by atoms with van der Waals surface area (Å²) in [5, 5.41) is 14.6. The number of hydrogen-bond acceptors (Lipinski definition) is 5. The minimum Gasteiger partial charge on any atom is -0.339 e.